The van der Waals surface area contributed by atoms with Gasteiger partial charge in [-0.05, 0) is 24.3 Å². The van der Waals surface area contributed by atoms with Crippen LogP contribution in [0.2, 0.25) is 5.02 Å². The van der Waals surface area contributed by atoms with Crippen LogP contribution in [0.1, 0.15) is 16.6 Å². The second-order valence-corrected chi connectivity index (χ2v) is 6.00. The highest BCUT2D eigenvalue weighted by Crippen LogP contribution is 2.33. The molecule has 1 aromatic carbocycles. The molecule has 0 aliphatic carbocycles. The number of hydrogen-bond donors (Lipinski definition) is 1. The van der Waals surface area contributed by atoms with Crippen molar-refractivity contribution in [1.82, 2.24) is 9.97 Å². The van der Waals surface area contributed by atoms with Gasteiger partial charge in [-0.3, -0.25) is 0 Å². The number of rotatable bonds is 6. The summed E-state index contributed by atoms with van der Waals surface area (Å²) in [5, 5.41) is 0.575. The summed E-state index contributed by atoms with van der Waals surface area (Å²) in [7, 11) is 3.13. The normalized spacial score (nSPS) is 12.0. The standard InChI is InChI=1S/C15H18ClN3O2S/c1-20-12-8-13(21-2)19-15(18-12)11(22-3)7-9-5-4-6-10(16)14(9)17/h4-6,8,11H,7,17H2,1-3H3. The maximum absolute atomic E-state index is 6.08. The van der Waals surface area contributed by atoms with E-state index in [4.69, 9.17) is 26.8 Å². The van der Waals surface area contributed by atoms with Crippen molar-refractivity contribution in [3.8, 4) is 11.8 Å². The van der Waals surface area contributed by atoms with Gasteiger partial charge in [0.25, 0.3) is 0 Å². The maximum atomic E-state index is 6.08. The zero-order chi connectivity index (χ0) is 16.1. The van der Waals surface area contributed by atoms with Crippen molar-refractivity contribution in [2.75, 3.05) is 26.2 Å². The first-order valence-corrected chi connectivity index (χ1v) is 8.28. The lowest BCUT2D eigenvalue weighted by Crippen LogP contribution is -2.08. The summed E-state index contributed by atoms with van der Waals surface area (Å²) in [5.74, 6) is 1.59. The molecule has 1 aromatic heterocycles. The van der Waals surface area contributed by atoms with Gasteiger partial charge in [0.1, 0.15) is 5.82 Å². The summed E-state index contributed by atoms with van der Waals surface area (Å²) in [6.07, 6.45) is 2.67. The van der Waals surface area contributed by atoms with Crippen molar-refractivity contribution in [2.45, 2.75) is 11.7 Å². The number of methoxy groups -OCH3 is 2. The summed E-state index contributed by atoms with van der Waals surface area (Å²) in [6, 6.07) is 7.27. The van der Waals surface area contributed by atoms with E-state index in [-0.39, 0.29) is 5.25 Å². The fourth-order valence-electron chi connectivity index (χ4n) is 2.01. The minimum Gasteiger partial charge on any atom is -0.481 e. The molecule has 0 amide bonds. The monoisotopic (exact) mass is 339 g/mol. The molecular weight excluding hydrogens is 322 g/mol. The molecule has 0 spiro atoms. The number of thioether (sulfide) groups is 1. The van der Waals surface area contributed by atoms with E-state index in [9.17, 15) is 0 Å². The molecule has 2 aromatic rings. The highest BCUT2D eigenvalue weighted by molar-refractivity contribution is 7.98. The molecule has 0 bridgehead atoms. The van der Waals surface area contributed by atoms with Gasteiger partial charge in [-0.25, -0.2) is 0 Å². The van der Waals surface area contributed by atoms with Crippen molar-refractivity contribution < 1.29 is 9.47 Å². The Bertz CT molecular complexity index is 632. The van der Waals surface area contributed by atoms with Gasteiger partial charge < -0.3 is 15.2 Å². The van der Waals surface area contributed by atoms with Crippen molar-refractivity contribution in [3.63, 3.8) is 0 Å². The van der Waals surface area contributed by atoms with Gasteiger partial charge in [0, 0.05) is 0 Å². The number of para-hydroxylation sites is 1. The summed E-state index contributed by atoms with van der Waals surface area (Å²) in [5.41, 5.74) is 7.61. The number of nitrogens with zero attached hydrogens (tertiary/aromatic N) is 2. The van der Waals surface area contributed by atoms with Crippen molar-refractivity contribution in [2.24, 2.45) is 0 Å². The van der Waals surface area contributed by atoms with Crippen LogP contribution < -0.4 is 15.2 Å². The summed E-state index contributed by atoms with van der Waals surface area (Å²) < 4.78 is 10.4. The molecule has 0 aliphatic rings. The number of benzene rings is 1. The first kappa shape index (κ1) is 16.7. The van der Waals surface area contributed by atoms with Crippen LogP contribution in [0.4, 0.5) is 5.69 Å². The molecule has 22 heavy (non-hydrogen) atoms. The van der Waals surface area contributed by atoms with Gasteiger partial charge in [0.2, 0.25) is 11.8 Å². The van der Waals surface area contributed by atoms with Gasteiger partial charge in [0.15, 0.2) is 0 Å². The summed E-state index contributed by atoms with van der Waals surface area (Å²) >= 11 is 7.71. The molecular formula is C15H18ClN3O2S. The van der Waals surface area contributed by atoms with E-state index in [1.54, 1.807) is 38.1 Å². The van der Waals surface area contributed by atoms with Crippen molar-refractivity contribution in [3.05, 3.63) is 40.7 Å². The lowest BCUT2D eigenvalue weighted by atomic mass is 10.1. The summed E-state index contributed by atoms with van der Waals surface area (Å²) in [4.78, 5) is 8.82. The third-order valence-electron chi connectivity index (χ3n) is 3.24. The zero-order valence-electron chi connectivity index (χ0n) is 12.7. The quantitative estimate of drug-likeness (QED) is 0.813. The predicted molar refractivity (Wildman–Crippen MR) is 91.0 cm³/mol. The van der Waals surface area contributed by atoms with Crippen LogP contribution in [0, 0.1) is 0 Å². The molecule has 0 fully saturated rings. The van der Waals surface area contributed by atoms with Crippen LogP contribution in [0.25, 0.3) is 0 Å². The molecule has 2 rings (SSSR count). The molecule has 1 heterocycles. The van der Waals surface area contributed by atoms with Crippen LogP contribution in [-0.4, -0.2) is 30.4 Å². The molecule has 5 nitrogen and oxygen atoms in total. The van der Waals surface area contributed by atoms with E-state index in [0.717, 1.165) is 5.56 Å². The number of aromatic nitrogens is 2. The SMILES string of the molecule is COc1cc(OC)nc(C(Cc2cccc(Cl)c2N)SC)n1. The lowest BCUT2D eigenvalue weighted by Gasteiger charge is -2.16. The lowest BCUT2D eigenvalue weighted by molar-refractivity contribution is 0.368. The Labute approximate surface area is 139 Å². The fraction of sp³-hybridized carbons (Fsp3) is 0.333. The topological polar surface area (TPSA) is 70.3 Å². The van der Waals surface area contributed by atoms with Gasteiger partial charge in [0.05, 0.1) is 36.2 Å². The highest BCUT2D eigenvalue weighted by Gasteiger charge is 2.18. The second kappa shape index (κ2) is 7.56. The van der Waals surface area contributed by atoms with E-state index in [1.807, 2.05) is 18.4 Å². The Morgan fingerprint density at radius 3 is 2.41 bits per heavy atom. The number of nitrogen functional groups attached to an aromatic ring is 1. The smallest absolute Gasteiger partial charge is 0.220 e. The molecule has 1 unspecified atom stereocenters. The van der Waals surface area contributed by atoms with E-state index in [1.165, 1.54) is 0 Å². The van der Waals surface area contributed by atoms with E-state index in [0.29, 0.717) is 34.7 Å². The van der Waals surface area contributed by atoms with Crippen molar-refractivity contribution >= 4 is 29.1 Å². The molecule has 0 saturated carbocycles. The van der Waals surface area contributed by atoms with Gasteiger partial charge in [-0.15, -0.1) is 0 Å². The average molecular weight is 340 g/mol. The molecule has 2 N–H and O–H groups in total. The van der Waals surface area contributed by atoms with Crippen LogP contribution in [0.3, 0.4) is 0 Å². The Balaban J connectivity index is 2.33. The molecule has 0 radical (unpaired) electrons. The van der Waals surface area contributed by atoms with E-state index in [2.05, 4.69) is 9.97 Å². The fourth-order valence-corrected chi connectivity index (χ4v) is 2.87. The maximum Gasteiger partial charge on any atom is 0.220 e. The molecule has 1 atom stereocenters. The third kappa shape index (κ3) is 3.75. The number of hydrogen-bond acceptors (Lipinski definition) is 6. The first-order valence-electron chi connectivity index (χ1n) is 6.61. The number of ether oxygens (including phenoxy) is 2. The first-order chi connectivity index (χ1) is 10.6. The van der Waals surface area contributed by atoms with Gasteiger partial charge >= 0.3 is 0 Å². The molecule has 7 heteroatoms. The average Bonchev–Trinajstić information content (AvgIpc) is 2.55. The van der Waals surface area contributed by atoms with Crippen LogP contribution in [0.15, 0.2) is 24.3 Å². The van der Waals surface area contributed by atoms with Crippen LogP contribution in [0.5, 0.6) is 11.8 Å². The Hall–Kier alpha value is -1.66. The van der Waals surface area contributed by atoms with Crippen LogP contribution >= 0.6 is 23.4 Å². The zero-order valence-corrected chi connectivity index (χ0v) is 14.2. The van der Waals surface area contributed by atoms with E-state index >= 15 is 0 Å². The van der Waals surface area contributed by atoms with E-state index < -0.39 is 0 Å². The number of halogens is 1. The number of anilines is 1. The molecule has 0 aliphatic heterocycles. The Kier molecular flexibility index (Phi) is 5.74. The number of nitrogens with two attached hydrogens (primary N) is 1. The molecule has 118 valence electrons. The Morgan fingerprint density at radius 2 is 1.86 bits per heavy atom. The molecule has 0 saturated heterocycles. The minimum absolute atomic E-state index is 0.0183. The highest BCUT2D eigenvalue weighted by atomic mass is 35.5. The Morgan fingerprint density at radius 1 is 1.23 bits per heavy atom. The van der Waals surface area contributed by atoms with Gasteiger partial charge in [-0.2, -0.15) is 21.7 Å². The third-order valence-corrected chi connectivity index (χ3v) is 4.51. The second-order valence-electron chi connectivity index (χ2n) is 4.55. The van der Waals surface area contributed by atoms with Crippen LogP contribution in [-0.2, 0) is 6.42 Å². The minimum atomic E-state index is 0.0183. The van der Waals surface area contributed by atoms with Gasteiger partial charge in [-0.1, -0.05) is 23.7 Å². The summed E-state index contributed by atoms with van der Waals surface area (Å²) in [6.45, 7) is 0. The largest absolute Gasteiger partial charge is 0.481 e. The predicted octanol–water partition coefficient (Wildman–Crippen LogP) is 3.38. The van der Waals surface area contributed by atoms with Crippen molar-refractivity contribution in [1.29, 1.82) is 0 Å².